The first kappa shape index (κ1) is 4.47. The van der Waals surface area contributed by atoms with Gasteiger partial charge in [-0.05, 0) is 6.92 Å². The molecule has 1 fully saturated rings. The highest BCUT2D eigenvalue weighted by Crippen LogP contribution is 2.08. The molecule has 0 aromatic heterocycles. The fourth-order valence-electron chi connectivity index (χ4n) is 0.459. The first-order valence-electron chi connectivity index (χ1n) is 2.22. The van der Waals surface area contributed by atoms with Crippen molar-refractivity contribution in [1.82, 2.24) is 5.32 Å². The van der Waals surface area contributed by atoms with Crippen molar-refractivity contribution in [2.75, 3.05) is 6.54 Å². The summed E-state index contributed by atoms with van der Waals surface area (Å²) in [5.74, 6) is 0. The van der Waals surface area contributed by atoms with E-state index in [0.29, 0.717) is 11.3 Å². The molecular formula is C4H9NS. The van der Waals surface area contributed by atoms with E-state index in [-0.39, 0.29) is 0 Å². The van der Waals surface area contributed by atoms with Gasteiger partial charge in [-0.25, -0.2) is 0 Å². The molecule has 0 saturated carbocycles. The van der Waals surface area contributed by atoms with Gasteiger partial charge in [-0.2, -0.15) is 12.6 Å². The summed E-state index contributed by atoms with van der Waals surface area (Å²) in [5, 5.41) is 3.80. The molecule has 0 aliphatic carbocycles. The van der Waals surface area contributed by atoms with Crippen LogP contribution in [0.2, 0.25) is 0 Å². The maximum atomic E-state index is 4.22. The lowest BCUT2D eigenvalue weighted by Gasteiger charge is -2.30. The van der Waals surface area contributed by atoms with E-state index in [1.165, 1.54) is 0 Å². The lowest BCUT2D eigenvalue weighted by molar-refractivity contribution is 0.417. The molecular weight excluding hydrogens is 94.1 g/mol. The van der Waals surface area contributed by atoms with Crippen molar-refractivity contribution in [2.24, 2.45) is 0 Å². The van der Waals surface area contributed by atoms with Crippen molar-refractivity contribution in [3.8, 4) is 0 Å². The zero-order valence-electron chi connectivity index (χ0n) is 3.81. The summed E-state index contributed by atoms with van der Waals surface area (Å²) < 4.78 is 0. The maximum Gasteiger partial charge on any atom is 0.0293 e. The van der Waals surface area contributed by atoms with Crippen molar-refractivity contribution in [2.45, 2.75) is 18.2 Å². The Balaban J connectivity index is 2.20. The molecule has 0 amide bonds. The van der Waals surface area contributed by atoms with Crippen LogP contribution in [0.1, 0.15) is 6.92 Å². The molecule has 1 aliphatic rings. The fourth-order valence-corrected chi connectivity index (χ4v) is 0.670. The standard InChI is InChI=1S/C4H9NS/c1-3-4(6)2-5-3/h3-6H,2H2,1H3/t3?,4-/m1/s1. The molecule has 36 valence electrons. The molecule has 2 heteroatoms. The first-order valence-corrected chi connectivity index (χ1v) is 2.74. The molecule has 1 rings (SSSR count). The summed E-state index contributed by atoms with van der Waals surface area (Å²) in [6.45, 7) is 3.23. The van der Waals surface area contributed by atoms with Gasteiger partial charge in [0, 0.05) is 17.8 Å². The topological polar surface area (TPSA) is 12.0 Å². The minimum Gasteiger partial charge on any atom is -0.312 e. The van der Waals surface area contributed by atoms with E-state index in [9.17, 15) is 0 Å². The van der Waals surface area contributed by atoms with Crippen LogP contribution in [-0.4, -0.2) is 17.8 Å². The van der Waals surface area contributed by atoms with Crippen LogP contribution in [-0.2, 0) is 0 Å². The van der Waals surface area contributed by atoms with Crippen molar-refractivity contribution in [3.63, 3.8) is 0 Å². The van der Waals surface area contributed by atoms with Gasteiger partial charge in [0.2, 0.25) is 0 Å². The number of hydrogen-bond donors (Lipinski definition) is 2. The van der Waals surface area contributed by atoms with Crippen LogP contribution < -0.4 is 5.32 Å². The van der Waals surface area contributed by atoms with Gasteiger partial charge in [-0.15, -0.1) is 0 Å². The van der Waals surface area contributed by atoms with Gasteiger partial charge in [0.05, 0.1) is 0 Å². The molecule has 0 spiro atoms. The van der Waals surface area contributed by atoms with Crippen LogP contribution in [0.15, 0.2) is 0 Å². The molecule has 0 bridgehead atoms. The molecule has 2 atom stereocenters. The summed E-state index contributed by atoms with van der Waals surface area (Å²) in [6.07, 6.45) is 0. The number of hydrogen-bond acceptors (Lipinski definition) is 2. The second-order valence-electron chi connectivity index (χ2n) is 1.76. The summed E-state index contributed by atoms with van der Waals surface area (Å²) in [7, 11) is 0. The summed E-state index contributed by atoms with van der Waals surface area (Å²) in [4.78, 5) is 0. The Hall–Kier alpha value is 0.310. The minimum absolute atomic E-state index is 0.616. The Bertz CT molecular complexity index is 47.5. The van der Waals surface area contributed by atoms with E-state index in [0.717, 1.165) is 6.54 Å². The number of rotatable bonds is 0. The minimum atomic E-state index is 0.616. The summed E-state index contributed by atoms with van der Waals surface area (Å²) in [5.41, 5.74) is 0. The lowest BCUT2D eigenvalue weighted by atomic mass is 10.1. The molecule has 1 heterocycles. The lowest BCUT2D eigenvalue weighted by Crippen LogP contribution is -2.52. The number of nitrogens with one attached hydrogen (secondary N) is 1. The van der Waals surface area contributed by atoms with E-state index in [2.05, 4.69) is 24.9 Å². The predicted octanol–water partition coefficient (Wildman–Crippen LogP) is 0.277. The molecule has 0 radical (unpaired) electrons. The average molecular weight is 103 g/mol. The van der Waals surface area contributed by atoms with Gasteiger partial charge in [-0.3, -0.25) is 0 Å². The Labute approximate surface area is 43.5 Å². The molecule has 1 N–H and O–H groups in total. The van der Waals surface area contributed by atoms with Crippen LogP contribution in [0.25, 0.3) is 0 Å². The van der Waals surface area contributed by atoms with Crippen LogP contribution >= 0.6 is 12.6 Å². The Morgan fingerprint density at radius 1 is 1.83 bits per heavy atom. The van der Waals surface area contributed by atoms with Gasteiger partial charge in [0.15, 0.2) is 0 Å². The van der Waals surface area contributed by atoms with Crippen molar-refractivity contribution in [1.29, 1.82) is 0 Å². The monoisotopic (exact) mass is 103 g/mol. The molecule has 0 aromatic carbocycles. The molecule has 6 heavy (non-hydrogen) atoms. The van der Waals surface area contributed by atoms with Gasteiger partial charge >= 0.3 is 0 Å². The van der Waals surface area contributed by atoms with E-state index >= 15 is 0 Å². The van der Waals surface area contributed by atoms with E-state index in [1.807, 2.05) is 0 Å². The molecule has 1 nitrogen and oxygen atoms in total. The third kappa shape index (κ3) is 0.545. The van der Waals surface area contributed by atoms with Crippen LogP contribution in [0.4, 0.5) is 0 Å². The van der Waals surface area contributed by atoms with Gasteiger partial charge < -0.3 is 5.32 Å². The normalized spacial score (nSPS) is 45.0. The Morgan fingerprint density at radius 3 is 2.33 bits per heavy atom. The second-order valence-corrected chi connectivity index (χ2v) is 2.43. The first-order chi connectivity index (χ1) is 2.80. The van der Waals surface area contributed by atoms with Crippen molar-refractivity contribution < 1.29 is 0 Å². The van der Waals surface area contributed by atoms with Crippen LogP contribution in [0.5, 0.6) is 0 Å². The highest BCUT2D eigenvalue weighted by molar-refractivity contribution is 7.81. The third-order valence-electron chi connectivity index (χ3n) is 1.23. The molecule has 1 unspecified atom stereocenters. The Kier molecular flexibility index (Phi) is 1.06. The highest BCUT2D eigenvalue weighted by atomic mass is 32.1. The van der Waals surface area contributed by atoms with Gasteiger partial charge in [0.25, 0.3) is 0 Å². The fraction of sp³-hybridized carbons (Fsp3) is 1.00. The van der Waals surface area contributed by atoms with E-state index in [1.54, 1.807) is 0 Å². The Morgan fingerprint density at radius 2 is 2.33 bits per heavy atom. The molecule has 1 aliphatic heterocycles. The third-order valence-corrected chi connectivity index (χ3v) is 1.86. The van der Waals surface area contributed by atoms with Crippen molar-refractivity contribution in [3.05, 3.63) is 0 Å². The maximum absolute atomic E-state index is 4.22. The van der Waals surface area contributed by atoms with Crippen LogP contribution in [0, 0.1) is 0 Å². The summed E-state index contributed by atoms with van der Waals surface area (Å²) >= 11 is 4.22. The largest absolute Gasteiger partial charge is 0.312 e. The number of thiol groups is 1. The average Bonchev–Trinajstić information content (AvgIpc) is 1.61. The second kappa shape index (κ2) is 1.43. The predicted molar refractivity (Wildman–Crippen MR) is 30.2 cm³/mol. The van der Waals surface area contributed by atoms with Gasteiger partial charge in [-0.1, -0.05) is 0 Å². The smallest absolute Gasteiger partial charge is 0.0293 e. The highest BCUT2D eigenvalue weighted by Gasteiger charge is 2.20. The zero-order chi connectivity index (χ0) is 4.57. The zero-order valence-corrected chi connectivity index (χ0v) is 4.70. The van der Waals surface area contributed by atoms with E-state index in [4.69, 9.17) is 0 Å². The van der Waals surface area contributed by atoms with E-state index < -0.39 is 0 Å². The van der Waals surface area contributed by atoms with Gasteiger partial charge in [0.1, 0.15) is 0 Å². The quantitative estimate of drug-likeness (QED) is 0.419. The van der Waals surface area contributed by atoms with Crippen molar-refractivity contribution >= 4 is 12.6 Å². The van der Waals surface area contributed by atoms with Crippen LogP contribution in [0.3, 0.4) is 0 Å². The molecule has 0 aromatic rings. The molecule has 1 saturated heterocycles. The summed E-state index contributed by atoms with van der Waals surface area (Å²) in [6, 6.07) is 0.647. The SMILES string of the molecule is CC1NC[C@H]1S.